The molecule has 0 spiro atoms. The molecule has 3 rings (SSSR count). The summed E-state index contributed by atoms with van der Waals surface area (Å²) in [5, 5.41) is 0. The normalized spacial score (nSPS) is 41.8. The van der Waals surface area contributed by atoms with Gasteiger partial charge in [0.2, 0.25) is 0 Å². The fourth-order valence-electron chi connectivity index (χ4n) is 1.85. The number of hydrogen-bond acceptors (Lipinski definition) is 2. The van der Waals surface area contributed by atoms with Crippen molar-refractivity contribution in [1.82, 2.24) is 0 Å². The minimum atomic E-state index is 0.296. The summed E-state index contributed by atoms with van der Waals surface area (Å²) in [4.78, 5) is 0. The van der Waals surface area contributed by atoms with Gasteiger partial charge in [0.1, 0.15) is 0 Å². The summed E-state index contributed by atoms with van der Waals surface area (Å²) in [6, 6.07) is 0. The van der Waals surface area contributed by atoms with E-state index in [1.807, 2.05) is 0 Å². The zero-order chi connectivity index (χ0) is 9.10. The standard InChI is InChI=1S/C6H9O.C5H9O/c1-2-4-6-5(3-1)7-6;1-5-3-2-4-6-5/h1,5-6H,2-4H2;5H,1-4H2. The van der Waals surface area contributed by atoms with Crippen LogP contribution in [0, 0.1) is 13.3 Å². The first-order valence-corrected chi connectivity index (χ1v) is 5.28. The molecule has 2 heteroatoms. The molecule has 3 aliphatic rings. The molecule has 0 bridgehead atoms. The van der Waals surface area contributed by atoms with E-state index in [1.54, 1.807) is 0 Å². The largest absolute Gasteiger partial charge is 0.378 e. The topological polar surface area (TPSA) is 21.8 Å². The highest BCUT2D eigenvalue weighted by atomic mass is 16.6. The minimum absolute atomic E-state index is 0.296. The summed E-state index contributed by atoms with van der Waals surface area (Å²) in [5.74, 6) is 0. The van der Waals surface area contributed by atoms with E-state index in [9.17, 15) is 0 Å². The van der Waals surface area contributed by atoms with Gasteiger partial charge in [-0.15, -0.1) is 0 Å². The maximum absolute atomic E-state index is 5.25. The van der Waals surface area contributed by atoms with Crippen molar-refractivity contribution in [2.75, 3.05) is 6.61 Å². The Morgan fingerprint density at radius 3 is 2.54 bits per heavy atom. The van der Waals surface area contributed by atoms with Crippen LogP contribution in [0.15, 0.2) is 0 Å². The summed E-state index contributed by atoms with van der Waals surface area (Å²) >= 11 is 0. The molecule has 2 nitrogen and oxygen atoms in total. The van der Waals surface area contributed by atoms with Crippen LogP contribution in [0.4, 0.5) is 0 Å². The second-order valence-electron chi connectivity index (χ2n) is 3.95. The highest BCUT2D eigenvalue weighted by Gasteiger charge is 2.39. The molecular weight excluding hydrogens is 164 g/mol. The maximum atomic E-state index is 5.25. The Morgan fingerprint density at radius 1 is 1.23 bits per heavy atom. The van der Waals surface area contributed by atoms with Crippen molar-refractivity contribution in [3.05, 3.63) is 13.3 Å². The van der Waals surface area contributed by atoms with Crippen molar-refractivity contribution >= 4 is 0 Å². The lowest BCUT2D eigenvalue weighted by Crippen LogP contribution is -2.00. The van der Waals surface area contributed by atoms with E-state index >= 15 is 0 Å². The third-order valence-corrected chi connectivity index (χ3v) is 2.77. The van der Waals surface area contributed by atoms with Crippen LogP contribution < -0.4 is 0 Å². The lowest BCUT2D eigenvalue weighted by molar-refractivity contribution is 0.144. The Kier molecular flexibility index (Phi) is 3.23. The molecule has 0 amide bonds. The Morgan fingerprint density at radius 2 is 2.15 bits per heavy atom. The smallest absolute Gasteiger partial charge is 0.0844 e. The maximum Gasteiger partial charge on any atom is 0.0844 e. The van der Waals surface area contributed by atoms with E-state index in [0.717, 1.165) is 13.0 Å². The van der Waals surface area contributed by atoms with E-state index in [-0.39, 0.29) is 0 Å². The van der Waals surface area contributed by atoms with Crippen molar-refractivity contribution in [2.45, 2.75) is 50.4 Å². The van der Waals surface area contributed by atoms with Crippen LogP contribution in [0.25, 0.3) is 0 Å². The van der Waals surface area contributed by atoms with Gasteiger partial charge in [-0.25, -0.2) is 0 Å². The second-order valence-corrected chi connectivity index (χ2v) is 3.95. The van der Waals surface area contributed by atoms with Crippen LogP contribution >= 0.6 is 0 Å². The molecule has 0 aromatic rings. The predicted molar refractivity (Wildman–Crippen MR) is 51.1 cm³/mol. The van der Waals surface area contributed by atoms with Gasteiger partial charge >= 0.3 is 0 Å². The Labute approximate surface area is 80.6 Å². The number of rotatable bonds is 0. The molecule has 2 radical (unpaired) electrons. The summed E-state index contributed by atoms with van der Waals surface area (Å²) in [6.07, 6.45) is 10.1. The molecule has 0 aromatic heterocycles. The Bertz CT molecular complexity index is 142. The van der Waals surface area contributed by atoms with Gasteiger partial charge in [-0.3, -0.25) is 0 Å². The van der Waals surface area contributed by atoms with E-state index in [2.05, 4.69) is 13.3 Å². The van der Waals surface area contributed by atoms with Crippen molar-refractivity contribution in [3.63, 3.8) is 0 Å². The zero-order valence-corrected chi connectivity index (χ0v) is 8.08. The molecule has 3 fully saturated rings. The first-order valence-electron chi connectivity index (χ1n) is 5.28. The molecule has 0 N–H and O–H groups in total. The van der Waals surface area contributed by atoms with Gasteiger partial charge in [-0.2, -0.15) is 0 Å². The van der Waals surface area contributed by atoms with Crippen LogP contribution in [-0.2, 0) is 9.47 Å². The van der Waals surface area contributed by atoms with Gasteiger partial charge in [-0.05, 0) is 45.4 Å². The first kappa shape index (κ1) is 9.47. The van der Waals surface area contributed by atoms with E-state index < -0.39 is 0 Å². The van der Waals surface area contributed by atoms with E-state index in [4.69, 9.17) is 9.47 Å². The van der Waals surface area contributed by atoms with Crippen LogP contribution in [0.1, 0.15) is 32.1 Å². The molecule has 74 valence electrons. The van der Waals surface area contributed by atoms with Crippen LogP contribution in [-0.4, -0.2) is 24.9 Å². The molecule has 1 aliphatic carbocycles. The monoisotopic (exact) mass is 182 g/mol. The van der Waals surface area contributed by atoms with Crippen LogP contribution in [0.5, 0.6) is 0 Å². The summed E-state index contributed by atoms with van der Waals surface area (Å²) < 4.78 is 10.3. The van der Waals surface area contributed by atoms with Gasteiger partial charge in [0.15, 0.2) is 0 Å². The molecule has 3 atom stereocenters. The molecule has 13 heavy (non-hydrogen) atoms. The van der Waals surface area contributed by atoms with Gasteiger partial charge < -0.3 is 9.47 Å². The van der Waals surface area contributed by atoms with Gasteiger partial charge in [0.05, 0.1) is 18.3 Å². The van der Waals surface area contributed by atoms with Gasteiger partial charge in [0, 0.05) is 6.61 Å². The summed E-state index contributed by atoms with van der Waals surface area (Å²) in [6.45, 7) is 4.64. The quantitative estimate of drug-likeness (QED) is 0.535. The third-order valence-electron chi connectivity index (χ3n) is 2.77. The van der Waals surface area contributed by atoms with Gasteiger partial charge in [0.25, 0.3) is 0 Å². The molecule has 0 aromatic carbocycles. The average Bonchev–Trinajstić information content (AvgIpc) is 2.80. The minimum Gasteiger partial charge on any atom is -0.378 e. The third kappa shape index (κ3) is 2.96. The predicted octanol–water partition coefficient (Wildman–Crippen LogP) is 2.14. The van der Waals surface area contributed by atoms with Crippen molar-refractivity contribution < 1.29 is 9.47 Å². The Hall–Kier alpha value is -0.0800. The van der Waals surface area contributed by atoms with Crippen LogP contribution in [0.3, 0.4) is 0 Å². The molecule has 3 unspecified atom stereocenters. The molecule has 2 heterocycles. The van der Waals surface area contributed by atoms with Crippen molar-refractivity contribution in [2.24, 2.45) is 0 Å². The highest BCUT2D eigenvalue weighted by Crippen LogP contribution is 2.35. The lowest BCUT2D eigenvalue weighted by Gasteiger charge is -2.00. The van der Waals surface area contributed by atoms with E-state index in [0.29, 0.717) is 18.3 Å². The number of hydrogen-bond donors (Lipinski definition) is 0. The summed E-state index contributed by atoms with van der Waals surface area (Å²) in [7, 11) is 0. The highest BCUT2D eigenvalue weighted by molar-refractivity contribution is 4.94. The first-order chi connectivity index (χ1) is 6.36. The average molecular weight is 182 g/mol. The number of epoxide rings is 1. The zero-order valence-electron chi connectivity index (χ0n) is 8.08. The molecule has 2 saturated heterocycles. The fraction of sp³-hybridized carbons (Fsp3) is 0.818. The van der Waals surface area contributed by atoms with Crippen molar-refractivity contribution in [3.8, 4) is 0 Å². The fourth-order valence-corrected chi connectivity index (χ4v) is 1.85. The number of fused-ring (bicyclic) bond motifs is 1. The molecule has 2 aliphatic heterocycles. The second kappa shape index (κ2) is 4.43. The molecular formula is C11H18O2. The van der Waals surface area contributed by atoms with E-state index in [1.165, 1.54) is 25.7 Å². The lowest BCUT2D eigenvalue weighted by atomic mass is 10.0. The van der Waals surface area contributed by atoms with Crippen molar-refractivity contribution in [1.29, 1.82) is 0 Å². The van der Waals surface area contributed by atoms with Gasteiger partial charge in [-0.1, -0.05) is 0 Å². The summed E-state index contributed by atoms with van der Waals surface area (Å²) in [5.41, 5.74) is 0. The number of ether oxygens (including phenoxy) is 2. The SMILES string of the molecule is [CH2]C1CCCO1.[CH]1CCC2OC2C1. The molecule has 1 saturated carbocycles. The Balaban J connectivity index is 0.000000102. The van der Waals surface area contributed by atoms with Crippen LogP contribution in [0.2, 0.25) is 0 Å².